The number of aryl methyl sites for hydroxylation is 2. The molecule has 0 radical (unpaired) electrons. The van der Waals surface area contributed by atoms with Crippen LogP contribution in [-0.2, 0) is 12.6 Å². The maximum Gasteiger partial charge on any atom is 0.416 e. The van der Waals surface area contributed by atoms with Crippen LogP contribution < -0.4 is 10.2 Å². The summed E-state index contributed by atoms with van der Waals surface area (Å²) in [6.45, 7) is 5.41. The van der Waals surface area contributed by atoms with E-state index < -0.39 is 17.8 Å². The van der Waals surface area contributed by atoms with E-state index >= 15 is 0 Å². The molecule has 2 aromatic carbocycles. The maximum absolute atomic E-state index is 13.7. The molecule has 2 amide bonds. The summed E-state index contributed by atoms with van der Waals surface area (Å²) in [6.07, 6.45) is -4.02. The molecule has 184 valence electrons. The van der Waals surface area contributed by atoms with Crippen LogP contribution in [0.2, 0.25) is 0 Å². The number of piperazine rings is 1. The van der Waals surface area contributed by atoms with Gasteiger partial charge in [0.05, 0.1) is 5.56 Å². The second-order valence-electron chi connectivity index (χ2n) is 8.45. The fourth-order valence-electron chi connectivity index (χ4n) is 4.13. The number of aromatic nitrogens is 2. The summed E-state index contributed by atoms with van der Waals surface area (Å²) >= 11 is 0. The zero-order valence-electron chi connectivity index (χ0n) is 19.4. The zero-order valence-corrected chi connectivity index (χ0v) is 19.4. The van der Waals surface area contributed by atoms with Gasteiger partial charge in [-0.05, 0) is 49.7 Å². The Morgan fingerprint density at radius 2 is 1.71 bits per heavy atom. The summed E-state index contributed by atoms with van der Waals surface area (Å²) < 4.78 is 52.6. The van der Waals surface area contributed by atoms with E-state index in [4.69, 9.17) is 0 Å². The lowest BCUT2D eigenvalue weighted by molar-refractivity contribution is -0.137. The van der Waals surface area contributed by atoms with Crippen molar-refractivity contribution in [2.45, 2.75) is 26.4 Å². The fraction of sp³-hybridized carbons (Fsp3) is 0.320. The third-order valence-corrected chi connectivity index (χ3v) is 5.88. The minimum Gasteiger partial charge on any atom is -0.353 e. The lowest BCUT2D eigenvalue weighted by atomic mass is 10.0. The lowest BCUT2D eigenvalue weighted by Gasteiger charge is -2.36. The third kappa shape index (κ3) is 5.87. The van der Waals surface area contributed by atoms with Crippen molar-refractivity contribution in [3.8, 4) is 0 Å². The van der Waals surface area contributed by atoms with Crippen LogP contribution in [0.3, 0.4) is 0 Å². The first-order valence-corrected chi connectivity index (χ1v) is 11.2. The number of hydrogen-bond donors (Lipinski definition) is 1. The molecule has 0 spiro atoms. The molecule has 1 aromatic heterocycles. The molecule has 0 atom stereocenters. The highest BCUT2D eigenvalue weighted by Gasteiger charge is 2.31. The highest BCUT2D eigenvalue weighted by molar-refractivity contribution is 5.89. The molecule has 3 aromatic rings. The van der Waals surface area contributed by atoms with Gasteiger partial charge < -0.3 is 15.1 Å². The molecule has 35 heavy (non-hydrogen) atoms. The Bertz CT molecular complexity index is 1220. The average Bonchev–Trinajstić information content (AvgIpc) is 2.80. The van der Waals surface area contributed by atoms with Crippen molar-refractivity contribution in [1.82, 2.24) is 14.9 Å². The summed E-state index contributed by atoms with van der Waals surface area (Å²) in [7, 11) is 0. The van der Waals surface area contributed by atoms with Gasteiger partial charge in [-0.1, -0.05) is 18.2 Å². The van der Waals surface area contributed by atoms with Crippen LogP contribution in [0, 0.1) is 19.7 Å². The van der Waals surface area contributed by atoms with E-state index in [1.165, 1.54) is 24.3 Å². The van der Waals surface area contributed by atoms with E-state index in [0.29, 0.717) is 38.4 Å². The molecule has 0 bridgehead atoms. The summed E-state index contributed by atoms with van der Waals surface area (Å²) in [6, 6.07) is 10.5. The second kappa shape index (κ2) is 9.89. The smallest absolute Gasteiger partial charge is 0.353 e. The van der Waals surface area contributed by atoms with Crippen LogP contribution in [0.5, 0.6) is 0 Å². The molecule has 6 nitrogen and oxygen atoms in total. The molecule has 1 saturated heterocycles. The fourth-order valence-corrected chi connectivity index (χ4v) is 4.13. The van der Waals surface area contributed by atoms with Crippen LogP contribution in [0.4, 0.5) is 33.9 Å². The molecule has 10 heteroatoms. The van der Waals surface area contributed by atoms with E-state index in [-0.39, 0.29) is 11.5 Å². The minimum absolute atomic E-state index is 0.0895. The number of carbonyl (C=O) groups is 1. The topological polar surface area (TPSA) is 61.4 Å². The first kappa shape index (κ1) is 24.4. The SMILES string of the molecule is Cc1nc(C)c(Cc2cccc(F)c2)c(N2CCN(C(=O)Nc3cccc(C(F)(F)F)c3)CC2)n1. The van der Waals surface area contributed by atoms with Gasteiger partial charge >= 0.3 is 12.2 Å². The number of nitrogens with zero attached hydrogens (tertiary/aromatic N) is 4. The average molecular weight is 488 g/mol. The molecule has 1 aliphatic rings. The van der Waals surface area contributed by atoms with Gasteiger partial charge in [0, 0.05) is 49.5 Å². The molecule has 0 unspecified atom stereocenters. The van der Waals surface area contributed by atoms with Gasteiger partial charge in [-0.2, -0.15) is 13.2 Å². The summed E-state index contributed by atoms with van der Waals surface area (Å²) in [5, 5.41) is 2.55. The third-order valence-electron chi connectivity index (χ3n) is 5.88. The van der Waals surface area contributed by atoms with Crippen LogP contribution in [0.1, 0.15) is 28.2 Å². The van der Waals surface area contributed by atoms with Crippen molar-refractivity contribution in [2.24, 2.45) is 0 Å². The second-order valence-corrected chi connectivity index (χ2v) is 8.45. The van der Waals surface area contributed by atoms with Gasteiger partial charge in [0.1, 0.15) is 17.5 Å². The number of carbonyl (C=O) groups excluding carboxylic acids is 1. The largest absolute Gasteiger partial charge is 0.416 e. The van der Waals surface area contributed by atoms with Crippen LogP contribution >= 0.6 is 0 Å². The van der Waals surface area contributed by atoms with Crippen LogP contribution in [-0.4, -0.2) is 47.1 Å². The summed E-state index contributed by atoms with van der Waals surface area (Å²) in [5.41, 5.74) is 1.78. The predicted octanol–water partition coefficient (Wildman–Crippen LogP) is 5.20. The number of halogens is 4. The number of alkyl halides is 3. The first-order chi connectivity index (χ1) is 16.6. The van der Waals surface area contributed by atoms with Gasteiger partial charge in [0.2, 0.25) is 0 Å². The van der Waals surface area contributed by atoms with Crippen LogP contribution in [0.15, 0.2) is 48.5 Å². The summed E-state index contributed by atoms with van der Waals surface area (Å²) in [4.78, 5) is 25.4. The van der Waals surface area contributed by atoms with Gasteiger partial charge in [-0.25, -0.2) is 19.2 Å². The Morgan fingerprint density at radius 3 is 2.40 bits per heavy atom. The molecule has 2 heterocycles. The normalized spacial score (nSPS) is 14.2. The summed E-state index contributed by atoms with van der Waals surface area (Å²) in [5.74, 6) is 1.05. The lowest BCUT2D eigenvalue weighted by Crippen LogP contribution is -2.50. The number of nitrogens with one attached hydrogen (secondary N) is 1. The van der Waals surface area contributed by atoms with Crippen molar-refractivity contribution in [3.63, 3.8) is 0 Å². The molecule has 1 N–H and O–H groups in total. The van der Waals surface area contributed by atoms with Gasteiger partial charge in [0.15, 0.2) is 0 Å². The monoisotopic (exact) mass is 487 g/mol. The molecule has 0 aliphatic carbocycles. The van der Waals surface area contributed by atoms with Crippen molar-refractivity contribution in [1.29, 1.82) is 0 Å². The van der Waals surface area contributed by atoms with E-state index in [1.54, 1.807) is 17.9 Å². The van der Waals surface area contributed by atoms with E-state index in [1.807, 2.05) is 13.0 Å². The van der Waals surface area contributed by atoms with Gasteiger partial charge in [-0.15, -0.1) is 0 Å². The molecular weight excluding hydrogens is 462 g/mol. The standard InChI is InChI=1S/C25H25F4N5O/c1-16-22(14-18-5-3-7-20(26)13-18)23(31-17(2)30-16)33-9-11-34(12-10-33)24(35)32-21-8-4-6-19(15-21)25(27,28)29/h3-8,13,15H,9-12,14H2,1-2H3,(H,32,35). The highest BCUT2D eigenvalue weighted by Crippen LogP contribution is 2.31. The molecule has 0 saturated carbocycles. The minimum atomic E-state index is -4.48. The Balaban J connectivity index is 1.45. The molecule has 1 aliphatic heterocycles. The maximum atomic E-state index is 13.7. The Hall–Kier alpha value is -3.69. The molecular formula is C25H25F4N5O. The molecule has 1 fully saturated rings. The Kier molecular flexibility index (Phi) is 6.90. The van der Waals surface area contributed by atoms with E-state index in [9.17, 15) is 22.4 Å². The quantitative estimate of drug-likeness (QED) is 0.514. The zero-order chi connectivity index (χ0) is 25.2. The number of hydrogen-bond acceptors (Lipinski definition) is 4. The predicted molar refractivity (Wildman–Crippen MR) is 125 cm³/mol. The van der Waals surface area contributed by atoms with Crippen molar-refractivity contribution in [3.05, 3.63) is 82.6 Å². The Labute approximate surface area is 200 Å². The van der Waals surface area contributed by atoms with E-state index in [2.05, 4.69) is 20.2 Å². The van der Waals surface area contributed by atoms with E-state index in [0.717, 1.165) is 34.8 Å². The number of anilines is 2. The van der Waals surface area contributed by atoms with Crippen LogP contribution in [0.25, 0.3) is 0 Å². The number of urea groups is 1. The van der Waals surface area contributed by atoms with Gasteiger partial charge in [-0.3, -0.25) is 0 Å². The molecule has 4 rings (SSSR count). The Morgan fingerprint density at radius 1 is 1.00 bits per heavy atom. The number of amides is 2. The first-order valence-electron chi connectivity index (χ1n) is 11.2. The van der Waals surface area contributed by atoms with Crippen molar-refractivity contribution in [2.75, 3.05) is 36.4 Å². The highest BCUT2D eigenvalue weighted by atomic mass is 19.4. The van der Waals surface area contributed by atoms with Crippen molar-refractivity contribution >= 4 is 17.5 Å². The number of benzene rings is 2. The van der Waals surface area contributed by atoms with Crippen molar-refractivity contribution < 1.29 is 22.4 Å². The van der Waals surface area contributed by atoms with Gasteiger partial charge in [0.25, 0.3) is 0 Å². The number of rotatable bonds is 4.